The summed E-state index contributed by atoms with van der Waals surface area (Å²) >= 11 is 7.31. The average molecular weight is 456 g/mol. The van der Waals surface area contributed by atoms with Gasteiger partial charge in [-0.15, -0.1) is 0 Å². The summed E-state index contributed by atoms with van der Waals surface area (Å²) in [5.41, 5.74) is 5.65. The molecule has 4 rings (SSSR count). The number of thioether (sulfide) groups is 1. The molecule has 0 atom stereocenters. The molecule has 0 saturated heterocycles. The van der Waals surface area contributed by atoms with Gasteiger partial charge in [0.05, 0.1) is 29.6 Å². The molecule has 0 aliphatic carbocycles. The third-order valence-electron chi connectivity index (χ3n) is 4.37. The van der Waals surface area contributed by atoms with Gasteiger partial charge in [0.15, 0.2) is 5.16 Å². The van der Waals surface area contributed by atoms with Gasteiger partial charge in [0.1, 0.15) is 5.69 Å². The lowest BCUT2D eigenvalue weighted by atomic mass is 10.1. The van der Waals surface area contributed by atoms with Gasteiger partial charge in [-0.2, -0.15) is 5.10 Å². The first kappa shape index (κ1) is 21.0. The Morgan fingerprint density at radius 2 is 2.06 bits per heavy atom. The topological polar surface area (TPSA) is 112 Å². The van der Waals surface area contributed by atoms with Crippen LogP contribution in [0.3, 0.4) is 0 Å². The molecule has 0 spiro atoms. The minimum atomic E-state index is -0.511. The molecule has 0 aliphatic heterocycles. The first-order chi connectivity index (χ1) is 15.0. The maximum absolute atomic E-state index is 12.3. The SMILES string of the molecule is CCOC(=O)c1[nH]c2cc(Cl)ccc2c1/C=N/NC(=O)CSc1nc2ccccc2[nH]1. The Labute approximate surface area is 186 Å². The molecule has 0 radical (unpaired) electrons. The van der Waals surface area contributed by atoms with Gasteiger partial charge in [0.2, 0.25) is 0 Å². The minimum absolute atomic E-state index is 0.130. The molecule has 0 unspecified atom stereocenters. The molecule has 0 aliphatic rings. The number of para-hydroxylation sites is 2. The molecule has 0 saturated carbocycles. The quantitative estimate of drug-likeness (QED) is 0.168. The van der Waals surface area contributed by atoms with Gasteiger partial charge in [0, 0.05) is 21.5 Å². The van der Waals surface area contributed by atoms with Crippen LogP contribution in [-0.4, -0.2) is 45.4 Å². The maximum atomic E-state index is 12.3. The smallest absolute Gasteiger partial charge is 0.355 e. The largest absolute Gasteiger partial charge is 0.461 e. The number of aromatic amines is 2. The highest BCUT2D eigenvalue weighted by molar-refractivity contribution is 7.99. The van der Waals surface area contributed by atoms with Crippen LogP contribution in [-0.2, 0) is 9.53 Å². The summed E-state index contributed by atoms with van der Waals surface area (Å²) in [4.78, 5) is 35.1. The number of aromatic nitrogens is 3. The first-order valence-electron chi connectivity index (χ1n) is 9.43. The molecule has 0 bridgehead atoms. The highest BCUT2D eigenvalue weighted by atomic mass is 35.5. The van der Waals surface area contributed by atoms with Crippen molar-refractivity contribution in [2.45, 2.75) is 12.1 Å². The van der Waals surface area contributed by atoms with Gasteiger partial charge in [0.25, 0.3) is 5.91 Å². The Bertz CT molecular complexity index is 1260. The van der Waals surface area contributed by atoms with Crippen LogP contribution in [0.2, 0.25) is 5.02 Å². The van der Waals surface area contributed by atoms with E-state index in [4.69, 9.17) is 16.3 Å². The third-order valence-corrected chi connectivity index (χ3v) is 5.48. The molecule has 10 heteroatoms. The van der Waals surface area contributed by atoms with Crippen molar-refractivity contribution in [3.8, 4) is 0 Å². The van der Waals surface area contributed by atoms with E-state index in [0.29, 0.717) is 21.3 Å². The van der Waals surface area contributed by atoms with Crippen LogP contribution in [0, 0.1) is 0 Å². The molecule has 0 fully saturated rings. The monoisotopic (exact) mass is 455 g/mol. The number of imidazole rings is 1. The van der Waals surface area contributed by atoms with E-state index in [1.807, 2.05) is 24.3 Å². The highest BCUT2D eigenvalue weighted by Crippen LogP contribution is 2.25. The molecule has 4 aromatic rings. The summed E-state index contributed by atoms with van der Waals surface area (Å²) in [6.45, 7) is 1.96. The molecule has 31 heavy (non-hydrogen) atoms. The molecular weight excluding hydrogens is 438 g/mol. The summed E-state index contributed by atoms with van der Waals surface area (Å²) in [5.74, 6) is -0.684. The van der Waals surface area contributed by atoms with Gasteiger partial charge in [-0.3, -0.25) is 4.79 Å². The van der Waals surface area contributed by atoms with E-state index in [0.717, 1.165) is 16.4 Å². The number of hydrazone groups is 1. The predicted molar refractivity (Wildman–Crippen MR) is 122 cm³/mol. The van der Waals surface area contributed by atoms with E-state index in [1.54, 1.807) is 25.1 Å². The maximum Gasteiger partial charge on any atom is 0.355 e. The fourth-order valence-electron chi connectivity index (χ4n) is 3.02. The summed E-state index contributed by atoms with van der Waals surface area (Å²) in [6.07, 6.45) is 1.42. The zero-order valence-electron chi connectivity index (χ0n) is 16.4. The Morgan fingerprint density at radius 1 is 1.23 bits per heavy atom. The molecule has 2 heterocycles. The van der Waals surface area contributed by atoms with E-state index in [-0.39, 0.29) is 24.0 Å². The van der Waals surface area contributed by atoms with Gasteiger partial charge < -0.3 is 14.7 Å². The molecular formula is C21H18ClN5O3S. The zero-order valence-corrected chi connectivity index (χ0v) is 18.0. The van der Waals surface area contributed by atoms with Crippen molar-refractivity contribution >= 4 is 63.4 Å². The molecule has 2 aromatic heterocycles. The molecule has 1 amide bonds. The summed E-state index contributed by atoms with van der Waals surface area (Å²) < 4.78 is 5.10. The van der Waals surface area contributed by atoms with Crippen LogP contribution in [0.1, 0.15) is 23.0 Å². The van der Waals surface area contributed by atoms with E-state index < -0.39 is 5.97 Å². The number of rotatable bonds is 7. The number of esters is 1. The van der Waals surface area contributed by atoms with Crippen LogP contribution in [0.5, 0.6) is 0 Å². The van der Waals surface area contributed by atoms with E-state index in [1.165, 1.54) is 18.0 Å². The predicted octanol–water partition coefficient (Wildman–Crippen LogP) is 4.12. The second-order valence-corrected chi connectivity index (χ2v) is 7.87. The highest BCUT2D eigenvalue weighted by Gasteiger charge is 2.18. The van der Waals surface area contributed by atoms with Crippen molar-refractivity contribution in [2.75, 3.05) is 12.4 Å². The second kappa shape index (κ2) is 9.23. The molecule has 3 N–H and O–H groups in total. The summed E-state index contributed by atoms with van der Waals surface area (Å²) in [7, 11) is 0. The third kappa shape index (κ3) is 4.73. The van der Waals surface area contributed by atoms with Crippen LogP contribution < -0.4 is 5.43 Å². The fourth-order valence-corrected chi connectivity index (χ4v) is 3.87. The van der Waals surface area contributed by atoms with Crippen molar-refractivity contribution in [1.82, 2.24) is 20.4 Å². The fraction of sp³-hybridized carbons (Fsp3) is 0.143. The van der Waals surface area contributed by atoms with Gasteiger partial charge >= 0.3 is 5.97 Å². The van der Waals surface area contributed by atoms with Crippen molar-refractivity contribution in [3.05, 3.63) is 58.7 Å². The van der Waals surface area contributed by atoms with E-state index >= 15 is 0 Å². The lowest BCUT2D eigenvalue weighted by molar-refractivity contribution is -0.118. The molecule has 158 valence electrons. The minimum Gasteiger partial charge on any atom is -0.461 e. The molecule has 8 nitrogen and oxygen atoms in total. The number of fused-ring (bicyclic) bond motifs is 2. The normalized spacial score (nSPS) is 11.4. The van der Waals surface area contributed by atoms with Crippen molar-refractivity contribution in [1.29, 1.82) is 0 Å². The number of carbonyl (C=O) groups excluding carboxylic acids is 2. The van der Waals surface area contributed by atoms with E-state index in [9.17, 15) is 9.59 Å². The van der Waals surface area contributed by atoms with Crippen LogP contribution in [0.4, 0.5) is 0 Å². The van der Waals surface area contributed by atoms with E-state index in [2.05, 4.69) is 25.5 Å². The lowest BCUT2D eigenvalue weighted by Crippen LogP contribution is -2.20. The summed E-state index contributed by atoms with van der Waals surface area (Å²) in [6, 6.07) is 12.8. The number of carbonyl (C=O) groups is 2. The number of H-pyrrole nitrogens is 2. The molecule has 2 aromatic carbocycles. The second-order valence-electron chi connectivity index (χ2n) is 6.47. The number of ether oxygens (including phenoxy) is 1. The summed E-state index contributed by atoms with van der Waals surface area (Å²) in [5, 5.41) is 5.94. The van der Waals surface area contributed by atoms with Crippen LogP contribution >= 0.6 is 23.4 Å². The standard InChI is InChI=1S/C21H18ClN5O3S/c1-2-30-20(29)19-14(13-8-7-12(22)9-17(13)24-19)10-23-27-18(28)11-31-21-25-15-5-3-4-6-16(15)26-21/h3-10,24H,2,11H2,1H3,(H,25,26)(H,27,28)/b23-10+. The number of hydrogen-bond acceptors (Lipinski definition) is 6. The Kier molecular flexibility index (Phi) is 6.24. The van der Waals surface area contributed by atoms with Gasteiger partial charge in [-0.05, 0) is 31.2 Å². The number of nitrogens with zero attached hydrogens (tertiary/aromatic N) is 2. The number of hydrogen-bond donors (Lipinski definition) is 3. The van der Waals surface area contributed by atoms with Gasteiger partial charge in [-0.25, -0.2) is 15.2 Å². The lowest BCUT2D eigenvalue weighted by Gasteiger charge is -2.01. The number of halogens is 1. The first-order valence-corrected chi connectivity index (χ1v) is 10.8. The Morgan fingerprint density at radius 3 is 2.87 bits per heavy atom. The number of benzene rings is 2. The van der Waals surface area contributed by atoms with Crippen molar-refractivity contribution in [2.24, 2.45) is 5.10 Å². The number of amides is 1. The van der Waals surface area contributed by atoms with Crippen molar-refractivity contribution in [3.63, 3.8) is 0 Å². The zero-order chi connectivity index (χ0) is 21.8. The van der Waals surface area contributed by atoms with Crippen LogP contribution in [0.15, 0.2) is 52.7 Å². The van der Waals surface area contributed by atoms with Gasteiger partial charge in [-0.1, -0.05) is 41.6 Å². The Balaban J connectivity index is 1.45. The van der Waals surface area contributed by atoms with Crippen molar-refractivity contribution < 1.29 is 14.3 Å². The van der Waals surface area contributed by atoms with Crippen LogP contribution in [0.25, 0.3) is 21.9 Å². The Hall–Kier alpha value is -3.30. The number of nitrogens with one attached hydrogen (secondary N) is 3. The average Bonchev–Trinajstić information content (AvgIpc) is 3.33.